The molecule has 0 aliphatic carbocycles. The van der Waals surface area contributed by atoms with E-state index in [4.69, 9.17) is 5.26 Å². The van der Waals surface area contributed by atoms with Crippen molar-refractivity contribution in [3.63, 3.8) is 0 Å². The van der Waals surface area contributed by atoms with Crippen molar-refractivity contribution in [2.24, 2.45) is 0 Å². The Labute approximate surface area is 102 Å². The van der Waals surface area contributed by atoms with E-state index in [0.29, 0.717) is 10.9 Å². The molecule has 0 aliphatic heterocycles. The Balaban J connectivity index is 3.01. The van der Waals surface area contributed by atoms with Gasteiger partial charge in [-0.2, -0.15) is 5.26 Å². The van der Waals surface area contributed by atoms with E-state index in [1.807, 2.05) is 12.1 Å². The molecule has 0 unspecified atom stereocenters. The van der Waals surface area contributed by atoms with Gasteiger partial charge in [-0.05, 0) is 28.1 Å². The maximum absolute atomic E-state index is 11.8. The van der Waals surface area contributed by atoms with Crippen molar-refractivity contribution in [3.8, 4) is 6.07 Å². The van der Waals surface area contributed by atoms with Gasteiger partial charge in [-0.3, -0.25) is 4.79 Å². The van der Waals surface area contributed by atoms with Gasteiger partial charge in [-0.25, -0.2) is 0 Å². The van der Waals surface area contributed by atoms with E-state index in [-0.39, 0.29) is 11.0 Å². The average Bonchev–Trinajstić information content (AvgIpc) is 2.19. The van der Waals surface area contributed by atoms with Crippen molar-refractivity contribution in [3.05, 3.63) is 43.1 Å². The molecule has 2 rings (SSSR count). The number of H-pyrrole nitrogens is 1. The number of hydrogen-bond acceptors (Lipinski definition) is 2. The Morgan fingerprint density at radius 3 is 2.73 bits per heavy atom. The molecular weight excluding hydrogens is 324 g/mol. The Morgan fingerprint density at radius 1 is 1.33 bits per heavy atom. The van der Waals surface area contributed by atoms with E-state index in [1.54, 1.807) is 6.07 Å². The fourth-order valence-electron chi connectivity index (χ4n) is 1.34. The molecular formula is C10H4Br2N2O. The van der Waals surface area contributed by atoms with Gasteiger partial charge in [-0.15, -0.1) is 0 Å². The van der Waals surface area contributed by atoms with Crippen molar-refractivity contribution in [1.82, 2.24) is 4.98 Å². The minimum absolute atomic E-state index is 0.118. The van der Waals surface area contributed by atoms with Crippen molar-refractivity contribution >= 4 is 42.8 Å². The predicted molar refractivity (Wildman–Crippen MR) is 64.7 cm³/mol. The fourth-order valence-corrected chi connectivity index (χ4v) is 2.68. The van der Waals surface area contributed by atoms with Gasteiger partial charge in [0.1, 0.15) is 11.6 Å². The molecule has 0 radical (unpaired) electrons. The van der Waals surface area contributed by atoms with Crippen molar-refractivity contribution < 1.29 is 0 Å². The summed E-state index contributed by atoms with van der Waals surface area (Å²) in [6.45, 7) is 0. The minimum atomic E-state index is -0.256. The maximum Gasteiger partial charge on any atom is 0.207 e. The highest BCUT2D eigenvalue weighted by molar-refractivity contribution is 9.11. The number of rotatable bonds is 0. The van der Waals surface area contributed by atoms with Gasteiger partial charge in [0.2, 0.25) is 5.43 Å². The SMILES string of the molecule is N#Cc1c[nH]c2c(Br)cc(Br)cc2c1=O. The molecule has 0 spiro atoms. The summed E-state index contributed by atoms with van der Waals surface area (Å²) in [5.74, 6) is 0. The molecule has 0 saturated carbocycles. The number of benzene rings is 1. The van der Waals surface area contributed by atoms with Crippen LogP contribution in [0, 0.1) is 11.3 Å². The zero-order valence-electron chi connectivity index (χ0n) is 7.34. The third kappa shape index (κ3) is 1.71. The highest BCUT2D eigenvalue weighted by Gasteiger charge is 2.07. The molecule has 1 aromatic heterocycles. The standard InChI is InChI=1S/C10H4Br2N2O/c11-6-1-7-9(8(12)2-6)14-4-5(3-13)10(7)15/h1-2,4H,(H,14,15). The Morgan fingerprint density at radius 2 is 2.07 bits per heavy atom. The molecule has 3 nitrogen and oxygen atoms in total. The lowest BCUT2D eigenvalue weighted by atomic mass is 10.1. The van der Waals surface area contributed by atoms with Crippen LogP contribution in [-0.4, -0.2) is 4.98 Å². The number of fused-ring (bicyclic) bond motifs is 1. The van der Waals surface area contributed by atoms with Crippen molar-refractivity contribution in [1.29, 1.82) is 5.26 Å². The normalized spacial score (nSPS) is 10.2. The molecule has 0 atom stereocenters. The smallest absolute Gasteiger partial charge is 0.207 e. The molecule has 0 amide bonds. The van der Waals surface area contributed by atoms with Crippen LogP contribution in [0.2, 0.25) is 0 Å². The first-order valence-corrected chi connectivity index (χ1v) is 5.62. The van der Waals surface area contributed by atoms with Crippen LogP contribution in [0.15, 0.2) is 32.1 Å². The van der Waals surface area contributed by atoms with Crippen LogP contribution in [-0.2, 0) is 0 Å². The summed E-state index contributed by atoms with van der Waals surface area (Å²) in [4.78, 5) is 14.7. The molecule has 2 aromatic rings. The van der Waals surface area contributed by atoms with E-state index in [1.165, 1.54) is 6.20 Å². The molecule has 1 N–H and O–H groups in total. The molecule has 0 bridgehead atoms. The monoisotopic (exact) mass is 326 g/mol. The second kappa shape index (κ2) is 3.80. The first kappa shape index (κ1) is 10.4. The average molecular weight is 328 g/mol. The highest BCUT2D eigenvalue weighted by atomic mass is 79.9. The summed E-state index contributed by atoms with van der Waals surface area (Å²) in [6, 6.07) is 5.38. The van der Waals surface area contributed by atoms with Gasteiger partial charge < -0.3 is 4.98 Å². The molecule has 15 heavy (non-hydrogen) atoms. The van der Waals surface area contributed by atoms with E-state index in [9.17, 15) is 4.79 Å². The molecule has 5 heteroatoms. The van der Waals surface area contributed by atoms with Crippen LogP contribution < -0.4 is 5.43 Å². The summed E-state index contributed by atoms with van der Waals surface area (Å²) in [7, 11) is 0. The third-order valence-corrected chi connectivity index (χ3v) is 3.11. The summed E-state index contributed by atoms with van der Waals surface area (Å²) < 4.78 is 1.58. The maximum atomic E-state index is 11.8. The largest absolute Gasteiger partial charge is 0.359 e. The zero-order valence-corrected chi connectivity index (χ0v) is 10.5. The van der Waals surface area contributed by atoms with Gasteiger partial charge >= 0.3 is 0 Å². The Hall–Kier alpha value is -1.12. The van der Waals surface area contributed by atoms with E-state index in [2.05, 4.69) is 36.8 Å². The second-order valence-electron chi connectivity index (χ2n) is 2.95. The first-order chi connectivity index (χ1) is 7.13. The van der Waals surface area contributed by atoms with E-state index in [0.717, 1.165) is 8.95 Å². The minimum Gasteiger partial charge on any atom is -0.359 e. The number of halogens is 2. The fraction of sp³-hybridized carbons (Fsp3) is 0. The quantitative estimate of drug-likeness (QED) is 0.808. The number of aromatic nitrogens is 1. The number of nitrogens with zero attached hydrogens (tertiary/aromatic N) is 1. The molecule has 1 aromatic carbocycles. The first-order valence-electron chi connectivity index (χ1n) is 4.04. The summed E-state index contributed by atoms with van der Waals surface area (Å²) in [6.07, 6.45) is 1.42. The molecule has 74 valence electrons. The number of pyridine rings is 1. The highest BCUT2D eigenvalue weighted by Crippen LogP contribution is 2.25. The third-order valence-electron chi connectivity index (χ3n) is 2.03. The van der Waals surface area contributed by atoms with Gasteiger partial charge in [0.25, 0.3) is 0 Å². The number of aromatic amines is 1. The Bertz CT molecular complexity index is 640. The zero-order chi connectivity index (χ0) is 11.0. The molecule has 0 saturated heterocycles. The number of nitrogens with one attached hydrogen (secondary N) is 1. The van der Waals surface area contributed by atoms with Gasteiger partial charge in [-0.1, -0.05) is 15.9 Å². The number of nitriles is 1. The lowest BCUT2D eigenvalue weighted by Crippen LogP contribution is -2.07. The summed E-state index contributed by atoms with van der Waals surface area (Å²) in [5, 5.41) is 9.22. The van der Waals surface area contributed by atoms with Crippen LogP contribution in [0.1, 0.15) is 5.56 Å². The topological polar surface area (TPSA) is 56.6 Å². The van der Waals surface area contributed by atoms with E-state index >= 15 is 0 Å². The predicted octanol–water partition coefficient (Wildman–Crippen LogP) is 2.92. The molecule has 1 heterocycles. The van der Waals surface area contributed by atoms with Crippen LogP contribution in [0.4, 0.5) is 0 Å². The van der Waals surface area contributed by atoms with Crippen LogP contribution >= 0.6 is 31.9 Å². The van der Waals surface area contributed by atoms with Crippen LogP contribution in [0.25, 0.3) is 10.9 Å². The van der Waals surface area contributed by atoms with Crippen molar-refractivity contribution in [2.75, 3.05) is 0 Å². The molecule has 0 aliphatic rings. The lowest BCUT2D eigenvalue weighted by Gasteiger charge is -2.01. The summed E-state index contributed by atoms with van der Waals surface area (Å²) in [5.41, 5.74) is 0.558. The van der Waals surface area contributed by atoms with Gasteiger partial charge in [0.15, 0.2) is 0 Å². The van der Waals surface area contributed by atoms with Gasteiger partial charge in [0, 0.05) is 20.5 Å². The van der Waals surface area contributed by atoms with Gasteiger partial charge in [0.05, 0.1) is 5.52 Å². The van der Waals surface area contributed by atoms with Crippen molar-refractivity contribution in [2.45, 2.75) is 0 Å². The second-order valence-corrected chi connectivity index (χ2v) is 4.72. The molecule has 0 fully saturated rings. The summed E-state index contributed by atoms with van der Waals surface area (Å²) >= 11 is 6.64. The lowest BCUT2D eigenvalue weighted by molar-refractivity contribution is 1.33. The van der Waals surface area contributed by atoms with E-state index < -0.39 is 0 Å². The van der Waals surface area contributed by atoms with Crippen LogP contribution in [0.3, 0.4) is 0 Å². The number of hydrogen-bond donors (Lipinski definition) is 1. The van der Waals surface area contributed by atoms with Crippen LogP contribution in [0.5, 0.6) is 0 Å². The Kier molecular flexibility index (Phi) is 2.63.